The van der Waals surface area contributed by atoms with Crippen molar-refractivity contribution in [3.63, 3.8) is 0 Å². The maximum absolute atomic E-state index is 13.0. The van der Waals surface area contributed by atoms with Gasteiger partial charge < -0.3 is 19.3 Å². The van der Waals surface area contributed by atoms with Crippen LogP contribution in [0.2, 0.25) is 0 Å². The van der Waals surface area contributed by atoms with Crippen molar-refractivity contribution in [2.75, 3.05) is 27.3 Å². The Labute approximate surface area is 200 Å². The van der Waals surface area contributed by atoms with Crippen molar-refractivity contribution in [2.45, 2.75) is 39.3 Å². The van der Waals surface area contributed by atoms with Crippen LogP contribution in [0.5, 0.6) is 11.5 Å². The normalized spacial score (nSPS) is 17.2. The van der Waals surface area contributed by atoms with Crippen LogP contribution >= 0.6 is 0 Å². The Balaban J connectivity index is 1.37. The van der Waals surface area contributed by atoms with E-state index in [2.05, 4.69) is 39.4 Å². The highest BCUT2D eigenvalue weighted by Gasteiger charge is 2.28. The van der Waals surface area contributed by atoms with E-state index in [1.54, 1.807) is 14.2 Å². The highest BCUT2D eigenvalue weighted by atomic mass is 16.5. The average molecular weight is 465 g/mol. The van der Waals surface area contributed by atoms with E-state index in [0.717, 1.165) is 30.5 Å². The monoisotopic (exact) mass is 464 g/mol. The lowest BCUT2D eigenvalue weighted by atomic mass is 9.95. The summed E-state index contributed by atoms with van der Waals surface area (Å²) in [5.74, 6) is 2.30. The van der Waals surface area contributed by atoms with E-state index in [0.29, 0.717) is 36.3 Å². The number of methoxy groups -OCH3 is 2. The minimum absolute atomic E-state index is 0.0240. The Morgan fingerprint density at radius 3 is 2.76 bits per heavy atom. The predicted octanol–water partition coefficient (Wildman–Crippen LogP) is 4.15. The van der Waals surface area contributed by atoms with Crippen molar-refractivity contribution in [1.29, 1.82) is 0 Å². The van der Waals surface area contributed by atoms with E-state index >= 15 is 0 Å². The molecule has 8 nitrogen and oxygen atoms in total. The molecule has 1 N–H and O–H groups in total. The molecule has 1 aliphatic rings. The molecule has 2 unspecified atom stereocenters. The van der Waals surface area contributed by atoms with Crippen LogP contribution in [0, 0.1) is 12.8 Å². The van der Waals surface area contributed by atoms with Gasteiger partial charge in [0.1, 0.15) is 0 Å². The number of hydrogen-bond acceptors (Lipinski definition) is 7. The summed E-state index contributed by atoms with van der Waals surface area (Å²) in [6.07, 6.45) is 1.83. The van der Waals surface area contributed by atoms with Gasteiger partial charge in [0.2, 0.25) is 17.6 Å². The number of carbonyl (C=O) groups excluding carboxylic acids is 1. The lowest BCUT2D eigenvalue weighted by Gasteiger charge is -2.31. The molecule has 1 aromatic heterocycles. The number of rotatable bonds is 8. The number of hydrogen-bond donors (Lipinski definition) is 1. The topological polar surface area (TPSA) is 89.7 Å². The molecule has 0 saturated carbocycles. The summed E-state index contributed by atoms with van der Waals surface area (Å²) in [5, 5.41) is 7.33. The lowest BCUT2D eigenvalue weighted by Crippen LogP contribution is -2.43. The van der Waals surface area contributed by atoms with Crippen LogP contribution in [0.15, 0.2) is 47.0 Å². The van der Waals surface area contributed by atoms with Gasteiger partial charge in [-0.25, -0.2) is 0 Å². The van der Waals surface area contributed by atoms with Crippen LogP contribution in [-0.4, -0.2) is 48.3 Å². The van der Waals surface area contributed by atoms with Gasteiger partial charge in [-0.05, 0) is 62.6 Å². The summed E-state index contributed by atoms with van der Waals surface area (Å²) in [4.78, 5) is 19.7. The third-order valence-corrected chi connectivity index (χ3v) is 6.36. The molecule has 34 heavy (non-hydrogen) atoms. The van der Waals surface area contributed by atoms with Crippen molar-refractivity contribution in [1.82, 2.24) is 20.4 Å². The Bertz CT molecular complexity index is 1130. The largest absolute Gasteiger partial charge is 0.493 e. The van der Waals surface area contributed by atoms with Crippen molar-refractivity contribution < 1.29 is 18.8 Å². The van der Waals surface area contributed by atoms with E-state index < -0.39 is 0 Å². The molecule has 0 radical (unpaired) electrons. The number of nitrogens with zero attached hydrogens (tertiary/aromatic N) is 3. The van der Waals surface area contributed by atoms with Crippen molar-refractivity contribution in [2.24, 2.45) is 5.92 Å². The first kappa shape index (κ1) is 23.8. The molecular weight excluding hydrogens is 432 g/mol. The van der Waals surface area contributed by atoms with Crippen molar-refractivity contribution >= 4 is 5.91 Å². The molecule has 0 aliphatic carbocycles. The molecular formula is C26H32N4O4. The Morgan fingerprint density at radius 1 is 1.21 bits per heavy atom. The molecule has 2 heterocycles. The summed E-state index contributed by atoms with van der Waals surface area (Å²) in [6.45, 7) is 6.18. The average Bonchev–Trinajstić information content (AvgIpc) is 3.32. The van der Waals surface area contributed by atoms with Gasteiger partial charge in [0.05, 0.1) is 32.7 Å². The number of carbonyl (C=O) groups is 1. The van der Waals surface area contributed by atoms with Crippen LogP contribution in [-0.2, 0) is 11.3 Å². The highest BCUT2D eigenvalue weighted by Crippen LogP contribution is 2.31. The number of piperidine rings is 1. The number of aromatic nitrogens is 2. The van der Waals surface area contributed by atoms with E-state index in [-0.39, 0.29) is 17.9 Å². The van der Waals surface area contributed by atoms with Crippen LogP contribution in [0.25, 0.3) is 11.4 Å². The second kappa shape index (κ2) is 10.7. The maximum Gasteiger partial charge on any atom is 0.241 e. The number of ether oxygens (including phenoxy) is 2. The fraction of sp³-hybridized carbons (Fsp3) is 0.423. The molecule has 0 bridgehead atoms. The van der Waals surface area contributed by atoms with Gasteiger partial charge in [-0.2, -0.15) is 4.98 Å². The summed E-state index contributed by atoms with van der Waals surface area (Å²) in [7, 11) is 3.19. The fourth-order valence-corrected chi connectivity index (χ4v) is 4.50. The second-order valence-electron chi connectivity index (χ2n) is 8.74. The quantitative estimate of drug-likeness (QED) is 0.536. The number of nitrogens with one attached hydrogen (secondary N) is 1. The zero-order chi connectivity index (χ0) is 24.1. The third kappa shape index (κ3) is 5.39. The first-order chi connectivity index (χ1) is 16.5. The zero-order valence-corrected chi connectivity index (χ0v) is 20.2. The molecule has 180 valence electrons. The number of benzene rings is 2. The molecule has 3 aromatic rings. The Kier molecular flexibility index (Phi) is 7.47. The third-order valence-electron chi connectivity index (χ3n) is 6.36. The SMILES string of the molecule is COc1ccc(-c2noc(CN3CCCC(C(=O)NC(C)c4ccccc4C)C3)n2)cc1OC. The molecule has 1 fully saturated rings. The first-order valence-corrected chi connectivity index (χ1v) is 11.6. The van der Waals surface area contributed by atoms with Gasteiger partial charge in [0.15, 0.2) is 11.5 Å². The van der Waals surface area contributed by atoms with Crippen LogP contribution in [0.4, 0.5) is 0 Å². The molecule has 0 spiro atoms. The molecule has 1 amide bonds. The van der Waals surface area contributed by atoms with Gasteiger partial charge in [0.25, 0.3) is 0 Å². The van der Waals surface area contributed by atoms with Gasteiger partial charge in [-0.1, -0.05) is 29.4 Å². The molecule has 2 atom stereocenters. The molecule has 8 heteroatoms. The summed E-state index contributed by atoms with van der Waals surface area (Å²) < 4.78 is 16.2. The van der Waals surface area contributed by atoms with Crippen molar-refractivity contribution in [3.8, 4) is 22.9 Å². The maximum atomic E-state index is 13.0. The predicted molar refractivity (Wildman–Crippen MR) is 129 cm³/mol. The van der Waals surface area contributed by atoms with Gasteiger partial charge in [-0.15, -0.1) is 0 Å². The molecule has 1 saturated heterocycles. The second-order valence-corrected chi connectivity index (χ2v) is 8.74. The summed E-state index contributed by atoms with van der Waals surface area (Å²) in [6, 6.07) is 13.6. The minimum atomic E-state index is -0.0616. The zero-order valence-electron chi connectivity index (χ0n) is 20.2. The first-order valence-electron chi connectivity index (χ1n) is 11.6. The van der Waals surface area contributed by atoms with Gasteiger partial charge in [-0.3, -0.25) is 9.69 Å². The lowest BCUT2D eigenvalue weighted by molar-refractivity contribution is -0.127. The van der Waals surface area contributed by atoms with E-state index in [1.807, 2.05) is 37.3 Å². The summed E-state index contributed by atoms with van der Waals surface area (Å²) in [5.41, 5.74) is 3.12. The van der Waals surface area contributed by atoms with Crippen molar-refractivity contribution in [3.05, 3.63) is 59.5 Å². The van der Waals surface area contributed by atoms with Gasteiger partial charge in [0, 0.05) is 12.1 Å². The van der Waals surface area contributed by atoms with Gasteiger partial charge >= 0.3 is 0 Å². The van der Waals surface area contributed by atoms with Crippen LogP contribution in [0.1, 0.15) is 42.8 Å². The number of amides is 1. The smallest absolute Gasteiger partial charge is 0.241 e. The Morgan fingerprint density at radius 2 is 2.00 bits per heavy atom. The number of likely N-dealkylation sites (tertiary alicyclic amines) is 1. The standard InChI is InChI=1S/C26H32N4O4/c1-17-8-5-6-10-21(17)18(2)27-26(31)20-9-7-13-30(15-20)16-24-28-25(29-34-24)19-11-12-22(32-3)23(14-19)33-4/h5-6,8,10-12,14,18,20H,7,9,13,15-16H2,1-4H3,(H,27,31). The highest BCUT2D eigenvalue weighted by molar-refractivity contribution is 5.79. The molecule has 2 aromatic carbocycles. The molecule has 4 rings (SSSR count). The van der Waals surface area contributed by atoms with Crippen LogP contribution in [0.3, 0.4) is 0 Å². The summed E-state index contributed by atoms with van der Waals surface area (Å²) >= 11 is 0. The van der Waals surface area contributed by atoms with E-state index in [1.165, 1.54) is 5.56 Å². The van der Waals surface area contributed by atoms with Crippen LogP contribution < -0.4 is 14.8 Å². The minimum Gasteiger partial charge on any atom is -0.493 e. The molecule has 1 aliphatic heterocycles. The van der Waals surface area contributed by atoms with E-state index in [9.17, 15) is 4.79 Å². The number of aryl methyl sites for hydroxylation is 1. The van der Waals surface area contributed by atoms with E-state index in [4.69, 9.17) is 14.0 Å². The Hall–Kier alpha value is -3.39. The fourth-order valence-electron chi connectivity index (χ4n) is 4.50.